The van der Waals surface area contributed by atoms with Crippen LogP contribution in [0.1, 0.15) is 52.9 Å². The Morgan fingerprint density at radius 1 is 1.40 bits per heavy atom. The molecular formula is C12H24N2O. The molecule has 1 amide bonds. The molecule has 1 aliphatic rings. The zero-order valence-electron chi connectivity index (χ0n) is 10.3. The minimum Gasteiger partial charge on any atom is -0.340 e. The number of hydrogen-bond acceptors (Lipinski definition) is 2. The van der Waals surface area contributed by atoms with Crippen molar-refractivity contribution in [3.8, 4) is 0 Å². The summed E-state index contributed by atoms with van der Waals surface area (Å²) in [4.78, 5) is 13.9. The minimum absolute atomic E-state index is 0.209. The average molecular weight is 212 g/mol. The summed E-state index contributed by atoms with van der Waals surface area (Å²) in [5.41, 5.74) is 6.00. The summed E-state index contributed by atoms with van der Waals surface area (Å²) in [5.74, 6) is 0.219. The lowest BCUT2D eigenvalue weighted by Crippen LogP contribution is -2.45. The van der Waals surface area contributed by atoms with Gasteiger partial charge in [-0.15, -0.1) is 0 Å². The van der Waals surface area contributed by atoms with Crippen molar-refractivity contribution in [3.05, 3.63) is 0 Å². The summed E-state index contributed by atoms with van der Waals surface area (Å²) in [6, 6.07) is 0.285. The third kappa shape index (κ3) is 3.20. The molecular weight excluding hydrogens is 188 g/mol. The summed E-state index contributed by atoms with van der Waals surface area (Å²) in [6.07, 6.45) is 4.90. The molecule has 1 fully saturated rings. The highest BCUT2D eigenvalue weighted by molar-refractivity contribution is 5.77. The fourth-order valence-electron chi connectivity index (χ4n) is 2.49. The van der Waals surface area contributed by atoms with E-state index < -0.39 is 0 Å². The lowest BCUT2D eigenvalue weighted by Gasteiger charge is -2.30. The van der Waals surface area contributed by atoms with Gasteiger partial charge in [0.2, 0.25) is 5.91 Å². The van der Waals surface area contributed by atoms with Gasteiger partial charge in [-0.25, -0.2) is 0 Å². The van der Waals surface area contributed by atoms with Crippen LogP contribution in [-0.4, -0.2) is 28.9 Å². The molecule has 0 aromatic heterocycles. The summed E-state index contributed by atoms with van der Waals surface area (Å²) >= 11 is 0. The Morgan fingerprint density at radius 2 is 1.93 bits per heavy atom. The first-order chi connectivity index (χ1) is 6.98. The van der Waals surface area contributed by atoms with Crippen LogP contribution in [0.5, 0.6) is 0 Å². The summed E-state index contributed by atoms with van der Waals surface area (Å²) < 4.78 is 0. The van der Waals surface area contributed by atoms with Crippen molar-refractivity contribution in [2.24, 2.45) is 5.73 Å². The van der Waals surface area contributed by atoms with Gasteiger partial charge in [0.1, 0.15) is 0 Å². The predicted octanol–water partition coefficient (Wildman–Crippen LogP) is 1.90. The fraction of sp³-hybridized carbons (Fsp3) is 0.917. The standard InChI is InChI=1S/C12H24N2O/c1-4-14(10(2)3)11(15)9-12(13)7-5-6-8-12/h10H,4-9,13H2,1-3H3. The second-order valence-corrected chi connectivity index (χ2v) is 5.02. The number of nitrogens with zero attached hydrogens (tertiary/aromatic N) is 1. The number of amides is 1. The van der Waals surface area contributed by atoms with Crippen LogP contribution in [0.15, 0.2) is 0 Å². The Morgan fingerprint density at radius 3 is 2.33 bits per heavy atom. The average Bonchev–Trinajstić information content (AvgIpc) is 2.51. The highest BCUT2D eigenvalue weighted by Gasteiger charge is 2.33. The zero-order chi connectivity index (χ0) is 11.5. The lowest BCUT2D eigenvalue weighted by atomic mass is 9.94. The monoisotopic (exact) mass is 212 g/mol. The number of carbonyl (C=O) groups is 1. The number of nitrogens with two attached hydrogens (primary N) is 1. The Kier molecular flexibility index (Phi) is 4.14. The number of hydrogen-bond donors (Lipinski definition) is 1. The van der Waals surface area contributed by atoms with Gasteiger partial charge in [-0.1, -0.05) is 12.8 Å². The second-order valence-electron chi connectivity index (χ2n) is 5.02. The molecule has 0 atom stereocenters. The smallest absolute Gasteiger partial charge is 0.224 e. The summed E-state index contributed by atoms with van der Waals surface area (Å²) in [6.45, 7) is 6.92. The Bertz CT molecular complexity index is 220. The van der Waals surface area contributed by atoms with Gasteiger partial charge in [0, 0.05) is 24.5 Å². The van der Waals surface area contributed by atoms with E-state index >= 15 is 0 Å². The Balaban J connectivity index is 2.53. The van der Waals surface area contributed by atoms with Gasteiger partial charge in [-0.05, 0) is 33.6 Å². The molecule has 0 spiro atoms. The highest BCUT2D eigenvalue weighted by Crippen LogP contribution is 2.30. The maximum Gasteiger partial charge on any atom is 0.224 e. The van der Waals surface area contributed by atoms with Gasteiger partial charge in [-0.3, -0.25) is 4.79 Å². The number of rotatable bonds is 4. The van der Waals surface area contributed by atoms with Crippen LogP contribution in [-0.2, 0) is 4.79 Å². The maximum absolute atomic E-state index is 12.0. The van der Waals surface area contributed by atoms with Gasteiger partial charge in [0.25, 0.3) is 0 Å². The van der Waals surface area contributed by atoms with Crippen LogP contribution < -0.4 is 5.73 Å². The Labute approximate surface area is 93.0 Å². The van der Waals surface area contributed by atoms with Crippen molar-refractivity contribution in [1.29, 1.82) is 0 Å². The maximum atomic E-state index is 12.0. The topological polar surface area (TPSA) is 46.3 Å². The molecule has 1 rings (SSSR count). The van der Waals surface area contributed by atoms with Crippen LogP contribution in [0.2, 0.25) is 0 Å². The van der Waals surface area contributed by atoms with Crippen molar-refractivity contribution in [2.75, 3.05) is 6.54 Å². The van der Waals surface area contributed by atoms with Crippen LogP contribution in [0.25, 0.3) is 0 Å². The largest absolute Gasteiger partial charge is 0.340 e. The molecule has 3 nitrogen and oxygen atoms in total. The second kappa shape index (κ2) is 4.97. The molecule has 0 saturated heterocycles. The van der Waals surface area contributed by atoms with E-state index in [-0.39, 0.29) is 17.5 Å². The predicted molar refractivity (Wildman–Crippen MR) is 62.5 cm³/mol. The van der Waals surface area contributed by atoms with Crippen LogP contribution in [0.3, 0.4) is 0 Å². The van der Waals surface area contributed by atoms with Crippen LogP contribution in [0, 0.1) is 0 Å². The summed E-state index contributed by atoms with van der Waals surface area (Å²) in [5, 5.41) is 0. The van der Waals surface area contributed by atoms with Crippen molar-refractivity contribution in [2.45, 2.75) is 64.5 Å². The van der Waals surface area contributed by atoms with Gasteiger partial charge in [-0.2, -0.15) is 0 Å². The first-order valence-electron chi connectivity index (χ1n) is 6.07. The van der Waals surface area contributed by atoms with Gasteiger partial charge >= 0.3 is 0 Å². The molecule has 0 bridgehead atoms. The lowest BCUT2D eigenvalue weighted by molar-refractivity contribution is -0.133. The zero-order valence-corrected chi connectivity index (χ0v) is 10.3. The van der Waals surface area contributed by atoms with Gasteiger partial charge in [0.05, 0.1) is 0 Å². The molecule has 15 heavy (non-hydrogen) atoms. The van der Waals surface area contributed by atoms with Crippen molar-refractivity contribution < 1.29 is 4.79 Å². The molecule has 3 heteroatoms. The first kappa shape index (κ1) is 12.5. The summed E-state index contributed by atoms with van der Waals surface area (Å²) in [7, 11) is 0. The Hall–Kier alpha value is -0.570. The normalized spacial score (nSPS) is 19.5. The van der Waals surface area contributed by atoms with E-state index in [1.165, 1.54) is 12.8 Å². The molecule has 0 aromatic rings. The minimum atomic E-state index is -0.209. The van der Waals surface area contributed by atoms with E-state index in [9.17, 15) is 4.79 Å². The van der Waals surface area contributed by atoms with Crippen LogP contribution in [0.4, 0.5) is 0 Å². The molecule has 88 valence electrons. The molecule has 1 aliphatic carbocycles. The van der Waals surface area contributed by atoms with Crippen molar-refractivity contribution >= 4 is 5.91 Å². The fourth-order valence-corrected chi connectivity index (χ4v) is 2.49. The third-order valence-corrected chi connectivity index (χ3v) is 3.39. The van der Waals surface area contributed by atoms with E-state index in [4.69, 9.17) is 5.73 Å². The molecule has 0 heterocycles. The van der Waals surface area contributed by atoms with E-state index in [1.54, 1.807) is 0 Å². The van der Waals surface area contributed by atoms with Crippen LogP contribution >= 0.6 is 0 Å². The number of carbonyl (C=O) groups excluding carboxylic acids is 1. The molecule has 0 unspecified atom stereocenters. The third-order valence-electron chi connectivity index (χ3n) is 3.39. The van der Waals surface area contributed by atoms with E-state index in [2.05, 4.69) is 13.8 Å². The van der Waals surface area contributed by atoms with Gasteiger partial charge in [0.15, 0.2) is 0 Å². The molecule has 1 saturated carbocycles. The van der Waals surface area contributed by atoms with E-state index in [0.29, 0.717) is 6.42 Å². The molecule has 2 N–H and O–H groups in total. The van der Waals surface area contributed by atoms with Crippen molar-refractivity contribution in [1.82, 2.24) is 4.90 Å². The van der Waals surface area contributed by atoms with Crippen molar-refractivity contribution in [3.63, 3.8) is 0 Å². The first-order valence-corrected chi connectivity index (χ1v) is 6.07. The van der Waals surface area contributed by atoms with E-state index in [1.807, 2.05) is 11.8 Å². The SMILES string of the molecule is CCN(C(=O)CC1(N)CCCC1)C(C)C. The highest BCUT2D eigenvalue weighted by atomic mass is 16.2. The molecule has 0 radical (unpaired) electrons. The van der Waals surface area contributed by atoms with E-state index in [0.717, 1.165) is 19.4 Å². The molecule has 0 aromatic carbocycles. The molecule has 0 aliphatic heterocycles. The van der Waals surface area contributed by atoms with Gasteiger partial charge < -0.3 is 10.6 Å². The quantitative estimate of drug-likeness (QED) is 0.773.